The average Bonchev–Trinajstić information content (AvgIpc) is 2.85. The number of rotatable bonds is 8. The normalized spacial score (nSPS) is 11.9. The number of hydrogen-bond acceptors (Lipinski definition) is 7. The summed E-state index contributed by atoms with van der Waals surface area (Å²) >= 11 is 0. The number of pyridine rings is 1. The number of amides is 2. The average molecular weight is 491 g/mol. The second-order valence-electron chi connectivity index (χ2n) is 9.26. The molecule has 0 radical (unpaired) electrons. The largest absolute Gasteiger partial charge is 0.447 e. The van der Waals surface area contributed by atoms with Crippen molar-refractivity contribution in [2.45, 2.75) is 38.8 Å². The first kappa shape index (κ1) is 26.3. The molecule has 0 unspecified atom stereocenters. The third kappa shape index (κ3) is 7.36. The minimum absolute atomic E-state index is 0.134. The van der Waals surface area contributed by atoms with Gasteiger partial charge in [-0.1, -0.05) is 54.6 Å². The van der Waals surface area contributed by atoms with Crippen molar-refractivity contribution in [3.63, 3.8) is 0 Å². The van der Waals surface area contributed by atoms with E-state index in [1.54, 1.807) is 63.4 Å². The Hall–Kier alpha value is -4.27. The minimum Gasteiger partial charge on any atom is -0.447 e. The summed E-state index contributed by atoms with van der Waals surface area (Å²) in [5, 5.41) is 12.7. The molecule has 0 fully saturated rings. The number of nitrogens with one attached hydrogen (secondary N) is 2. The van der Waals surface area contributed by atoms with Gasteiger partial charge in [-0.3, -0.25) is 10.1 Å². The van der Waals surface area contributed by atoms with E-state index in [0.29, 0.717) is 11.4 Å². The van der Waals surface area contributed by atoms with Gasteiger partial charge >= 0.3 is 12.2 Å². The van der Waals surface area contributed by atoms with Gasteiger partial charge in [0.25, 0.3) is 0 Å². The highest BCUT2D eigenvalue weighted by atomic mass is 16.6. The summed E-state index contributed by atoms with van der Waals surface area (Å²) in [6.45, 7) is 4.93. The van der Waals surface area contributed by atoms with Gasteiger partial charge in [-0.15, -0.1) is 0 Å². The van der Waals surface area contributed by atoms with Crippen LogP contribution in [-0.4, -0.2) is 58.9 Å². The van der Waals surface area contributed by atoms with E-state index in [1.165, 1.54) is 11.9 Å². The van der Waals surface area contributed by atoms with Crippen LogP contribution in [0.5, 0.6) is 0 Å². The van der Waals surface area contributed by atoms with Crippen LogP contribution in [0.2, 0.25) is 0 Å². The van der Waals surface area contributed by atoms with Gasteiger partial charge in [0, 0.05) is 30.6 Å². The zero-order valence-electron chi connectivity index (χ0n) is 20.8. The van der Waals surface area contributed by atoms with Crippen LogP contribution in [0.15, 0.2) is 66.9 Å². The van der Waals surface area contributed by atoms with Gasteiger partial charge < -0.3 is 19.8 Å². The lowest BCUT2D eigenvalue weighted by Crippen LogP contribution is -2.45. The van der Waals surface area contributed by atoms with Crippen molar-refractivity contribution in [2.75, 3.05) is 19.0 Å². The fourth-order valence-electron chi connectivity index (χ4n) is 3.35. The van der Waals surface area contributed by atoms with Crippen LogP contribution >= 0.6 is 0 Å². The molecular formula is C27H30N4O5. The van der Waals surface area contributed by atoms with Crippen LogP contribution in [0.3, 0.4) is 0 Å². The summed E-state index contributed by atoms with van der Waals surface area (Å²) in [6, 6.07) is 16.9. The monoisotopic (exact) mass is 490 g/mol. The fourth-order valence-corrected chi connectivity index (χ4v) is 3.35. The Bertz CT molecular complexity index is 1250. The molecule has 9 heteroatoms. The summed E-state index contributed by atoms with van der Waals surface area (Å²) in [5.41, 5.74) is -0.604. The molecule has 9 nitrogen and oxygen atoms in total. The van der Waals surface area contributed by atoms with Crippen LogP contribution in [0, 0.1) is 5.41 Å². The number of carbonyl (C=O) groups is 3. The van der Waals surface area contributed by atoms with Crippen molar-refractivity contribution in [1.82, 2.24) is 9.88 Å². The Morgan fingerprint density at radius 2 is 1.67 bits per heavy atom. The van der Waals surface area contributed by atoms with Crippen LogP contribution in [0.25, 0.3) is 10.8 Å². The molecule has 1 heterocycles. The standard InChI is InChI=1S/C27H30N4O5/c1-27(2,3)36-26(34)31(4)21(15-22(28)24(32)18-10-6-5-7-11-18)17-35-25(33)30-23-14-19-12-8-9-13-20(19)16-29-23/h5-14,16,21,28H,15,17H2,1-4H3,(H,29,30,33)/t21-/m0/s1. The number of nitrogens with zero attached hydrogens (tertiary/aromatic N) is 2. The van der Waals surface area contributed by atoms with E-state index in [2.05, 4.69) is 10.3 Å². The van der Waals surface area contributed by atoms with Crippen molar-refractivity contribution >= 4 is 40.3 Å². The van der Waals surface area contributed by atoms with Gasteiger partial charge in [-0.25, -0.2) is 14.6 Å². The number of anilines is 1. The van der Waals surface area contributed by atoms with Gasteiger partial charge in [0.1, 0.15) is 18.0 Å². The number of ether oxygens (including phenoxy) is 2. The number of hydrogen-bond donors (Lipinski definition) is 2. The van der Waals surface area contributed by atoms with E-state index in [-0.39, 0.29) is 18.7 Å². The third-order valence-corrected chi connectivity index (χ3v) is 5.25. The zero-order chi connectivity index (χ0) is 26.3. The first-order chi connectivity index (χ1) is 17.0. The SMILES string of the molecule is CN(C(=O)OC(C)(C)C)[C@H](COC(=O)Nc1cc2ccccc2cn1)CC(=N)C(=O)c1ccccc1. The predicted molar refractivity (Wildman–Crippen MR) is 138 cm³/mol. The molecule has 0 bridgehead atoms. The second-order valence-corrected chi connectivity index (χ2v) is 9.26. The van der Waals surface area contributed by atoms with Gasteiger partial charge in [0.2, 0.25) is 5.78 Å². The molecule has 0 aliphatic rings. The third-order valence-electron chi connectivity index (χ3n) is 5.25. The number of Topliss-reactive ketones (excluding diaryl/α,β-unsaturated/α-hetero) is 1. The molecule has 2 amide bonds. The van der Waals surface area contributed by atoms with Crippen molar-refractivity contribution in [2.24, 2.45) is 0 Å². The maximum Gasteiger partial charge on any atom is 0.412 e. The molecule has 1 aromatic heterocycles. The predicted octanol–water partition coefficient (Wildman–Crippen LogP) is 5.31. The molecule has 0 spiro atoms. The summed E-state index contributed by atoms with van der Waals surface area (Å²) in [7, 11) is 1.48. The molecule has 0 aliphatic carbocycles. The van der Waals surface area contributed by atoms with Crippen LogP contribution < -0.4 is 5.32 Å². The topological polar surface area (TPSA) is 122 Å². The molecule has 1 atom stereocenters. The Labute approximate surface area is 209 Å². The smallest absolute Gasteiger partial charge is 0.412 e. The van der Waals surface area contributed by atoms with Crippen molar-refractivity contribution in [3.05, 3.63) is 72.4 Å². The quantitative estimate of drug-likeness (QED) is 0.326. The van der Waals surface area contributed by atoms with E-state index in [1.807, 2.05) is 24.3 Å². The van der Waals surface area contributed by atoms with Crippen LogP contribution in [0.1, 0.15) is 37.6 Å². The molecule has 0 saturated carbocycles. The first-order valence-corrected chi connectivity index (χ1v) is 11.4. The lowest BCUT2D eigenvalue weighted by Gasteiger charge is -2.30. The number of benzene rings is 2. The number of aromatic nitrogens is 1. The molecule has 3 rings (SSSR count). The van der Waals surface area contributed by atoms with Gasteiger partial charge in [-0.05, 0) is 32.2 Å². The molecule has 36 heavy (non-hydrogen) atoms. The first-order valence-electron chi connectivity index (χ1n) is 11.4. The van der Waals surface area contributed by atoms with Crippen molar-refractivity contribution < 1.29 is 23.9 Å². The Morgan fingerprint density at radius 3 is 2.33 bits per heavy atom. The molecule has 2 aromatic carbocycles. The summed E-state index contributed by atoms with van der Waals surface area (Å²) < 4.78 is 10.8. The van der Waals surface area contributed by atoms with Gasteiger partial charge in [0.05, 0.1) is 11.8 Å². The Balaban J connectivity index is 1.69. The molecule has 0 saturated heterocycles. The van der Waals surface area contributed by atoms with Gasteiger partial charge in [-0.2, -0.15) is 0 Å². The maximum absolute atomic E-state index is 12.7. The van der Waals surface area contributed by atoms with Crippen LogP contribution in [-0.2, 0) is 9.47 Å². The number of fused-ring (bicyclic) bond motifs is 1. The Morgan fingerprint density at radius 1 is 1.03 bits per heavy atom. The summed E-state index contributed by atoms with van der Waals surface area (Å²) in [4.78, 5) is 43.3. The molecule has 3 aromatic rings. The lowest BCUT2D eigenvalue weighted by atomic mass is 10.0. The van der Waals surface area contributed by atoms with Crippen molar-refractivity contribution in [1.29, 1.82) is 5.41 Å². The van der Waals surface area contributed by atoms with Crippen LogP contribution in [0.4, 0.5) is 15.4 Å². The van der Waals surface area contributed by atoms with E-state index >= 15 is 0 Å². The fraction of sp³-hybridized carbons (Fsp3) is 0.296. The highest BCUT2D eigenvalue weighted by Crippen LogP contribution is 2.17. The molecule has 2 N–H and O–H groups in total. The lowest BCUT2D eigenvalue weighted by molar-refractivity contribution is 0.0157. The highest BCUT2D eigenvalue weighted by Gasteiger charge is 2.29. The van der Waals surface area contributed by atoms with E-state index in [0.717, 1.165) is 10.8 Å². The number of carbonyl (C=O) groups excluding carboxylic acids is 3. The maximum atomic E-state index is 12.7. The summed E-state index contributed by atoms with van der Waals surface area (Å²) in [6.07, 6.45) is 0.0693. The van der Waals surface area contributed by atoms with E-state index in [4.69, 9.17) is 14.9 Å². The number of likely N-dealkylation sites (N-methyl/N-ethyl adjacent to an activating group) is 1. The highest BCUT2D eigenvalue weighted by molar-refractivity contribution is 6.45. The van der Waals surface area contributed by atoms with E-state index in [9.17, 15) is 14.4 Å². The minimum atomic E-state index is -0.810. The number of ketones is 1. The molecule has 188 valence electrons. The zero-order valence-corrected chi connectivity index (χ0v) is 20.8. The summed E-state index contributed by atoms with van der Waals surface area (Å²) in [5.74, 6) is -0.161. The van der Waals surface area contributed by atoms with Crippen molar-refractivity contribution in [3.8, 4) is 0 Å². The van der Waals surface area contributed by atoms with E-state index < -0.39 is 29.6 Å². The molecule has 0 aliphatic heterocycles. The molecular weight excluding hydrogens is 460 g/mol. The second kappa shape index (κ2) is 11.4. The Kier molecular flexibility index (Phi) is 8.37. The van der Waals surface area contributed by atoms with Gasteiger partial charge in [0.15, 0.2) is 0 Å².